The van der Waals surface area contributed by atoms with Crippen molar-refractivity contribution in [2.75, 3.05) is 24.6 Å². The van der Waals surface area contributed by atoms with Gasteiger partial charge in [-0.2, -0.15) is 9.67 Å². The molecule has 4 N–H and O–H groups in total. The fraction of sp³-hybridized carbons (Fsp3) is 0.529. The molecule has 1 fully saturated rings. The van der Waals surface area contributed by atoms with Gasteiger partial charge < -0.3 is 16.4 Å². The summed E-state index contributed by atoms with van der Waals surface area (Å²) in [5, 5.41) is 4.18. The standard InChI is InChI=1S/C17H24N6/c18-16-20-17(19)23(21-16)15-8-4-12-3-6-14(7-5-13(12)11-15)22-9-1-2-10-22/h4,8,11,14H,1-3,5-7,9-10H2,(H4,18,19,20,21)/t14-/m0/s1. The highest BCUT2D eigenvalue weighted by molar-refractivity contribution is 5.45. The first-order valence-electron chi connectivity index (χ1n) is 8.55. The van der Waals surface area contributed by atoms with Crippen LogP contribution in [0.1, 0.15) is 36.8 Å². The maximum Gasteiger partial charge on any atom is 0.241 e. The molecule has 2 aliphatic rings. The maximum atomic E-state index is 5.89. The highest BCUT2D eigenvalue weighted by atomic mass is 15.4. The van der Waals surface area contributed by atoms with Crippen LogP contribution < -0.4 is 11.5 Å². The molecule has 122 valence electrons. The molecule has 0 unspecified atom stereocenters. The third-order valence-electron chi connectivity index (χ3n) is 5.23. The number of nitrogens with zero attached hydrogens (tertiary/aromatic N) is 4. The molecule has 1 atom stereocenters. The van der Waals surface area contributed by atoms with Gasteiger partial charge >= 0.3 is 0 Å². The first-order chi connectivity index (χ1) is 11.2. The predicted octanol–water partition coefficient (Wildman–Crippen LogP) is 1.77. The lowest BCUT2D eigenvalue weighted by Crippen LogP contribution is -2.32. The molecular weight excluding hydrogens is 288 g/mol. The lowest BCUT2D eigenvalue weighted by molar-refractivity contribution is 0.222. The van der Waals surface area contributed by atoms with Gasteiger partial charge in [0.05, 0.1) is 5.69 Å². The summed E-state index contributed by atoms with van der Waals surface area (Å²) in [6.45, 7) is 2.56. The van der Waals surface area contributed by atoms with Crippen molar-refractivity contribution in [3.8, 4) is 5.69 Å². The van der Waals surface area contributed by atoms with Gasteiger partial charge in [0.25, 0.3) is 0 Å². The summed E-state index contributed by atoms with van der Waals surface area (Å²) in [5.74, 6) is 0.553. The quantitative estimate of drug-likeness (QED) is 0.826. The number of benzene rings is 1. The molecule has 23 heavy (non-hydrogen) atoms. The molecule has 1 aliphatic heterocycles. The number of fused-ring (bicyclic) bond motifs is 1. The minimum atomic E-state index is 0.214. The molecule has 2 aromatic rings. The fourth-order valence-electron chi connectivity index (χ4n) is 4.01. The Balaban J connectivity index is 1.57. The van der Waals surface area contributed by atoms with Gasteiger partial charge in [-0.15, -0.1) is 5.10 Å². The number of nitrogen functional groups attached to an aromatic ring is 2. The number of anilines is 2. The van der Waals surface area contributed by atoms with Crippen LogP contribution in [0.25, 0.3) is 5.69 Å². The SMILES string of the molecule is Nc1nc(N)n(-c2ccc3c(c2)CC[C@@H](N2CCCC2)CC3)n1. The molecule has 2 heterocycles. The van der Waals surface area contributed by atoms with E-state index in [1.54, 1.807) is 4.68 Å². The summed E-state index contributed by atoms with van der Waals surface area (Å²) in [6.07, 6.45) is 7.51. The molecule has 1 aromatic carbocycles. The molecule has 6 heteroatoms. The second-order valence-electron chi connectivity index (χ2n) is 6.67. The molecule has 0 spiro atoms. The van der Waals surface area contributed by atoms with Gasteiger partial charge in [-0.05, 0) is 74.9 Å². The molecule has 4 rings (SSSR count). The Hall–Kier alpha value is -2.08. The van der Waals surface area contributed by atoms with Crippen LogP contribution in [0.5, 0.6) is 0 Å². The second-order valence-corrected chi connectivity index (χ2v) is 6.67. The lowest BCUT2D eigenvalue weighted by Gasteiger charge is -2.25. The van der Waals surface area contributed by atoms with Gasteiger partial charge in [0.2, 0.25) is 11.9 Å². The molecule has 1 aromatic heterocycles. The van der Waals surface area contributed by atoms with Gasteiger partial charge in [0.1, 0.15) is 0 Å². The second kappa shape index (κ2) is 5.85. The van der Waals surface area contributed by atoms with Crippen molar-refractivity contribution >= 4 is 11.9 Å². The summed E-state index contributed by atoms with van der Waals surface area (Å²) in [4.78, 5) is 6.67. The highest BCUT2D eigenvalue weighted by Crippen LogP contribution is 2.28. The van der Waals surface area contributed by atoms with Crippen molar-refractivity contribution in [1.82, 2.24) is 19.7 Å². The van der Waals surface area contributed by atoms with Crippen LogP contribution in [-0.4, -0.2) is 38.8 Å². The van der Waals surface area contributed by atoms with Crippen LogP contribution in [0.4, 0.5) is 11.9 Å². The summed E-state index contributed by atoms with van der Waals surface area (Å²) < 4.78 is 1.62. The summed E-state index contributed by atoms with van der Waals surface area (Å²) in [7, 11) is 0. The molecule has 0 saturated carbocycles. The lowest BCUT2D eigenvalue weighted by atomic mass is 10.0. The van der Waals surface area contributed by atoms with E-state index in [-0.39, 0.29) is 5.95 Å². The van der Waals surface area contributed by atoms with E-state index in [4.69, 9.17) is 11.5 Å². The maximum absolute atomic E-state index is 5.89. The number of rotatable bonds is 2. The van der Waals surface area contributed by atoms with Crippen molar-refractivity contribution in [1.29, 1.82) is 0 Å². The summed E-state index contributed by atoms with van der Waals surface area (Å²) in [6, 6.07) is 7.22. The molecular formula is C17H24N6. The number of aryl methyl sites for hydroxylation is 2. The van der Waals surface area contributed by atoms with Crippen LogP contribution in [0.2, 0.25) is 0 Å². The van der Waals surface area contributed by atoms with Crippen LogP contribution in [0.3, 0.4) is 0 Å². The predicted molar refractivity (Wildman–Crippen MR) is 91.4 cm³/mol. The number of aromatic nitrogens is 3. The van der Waals surface area contributed by atoms with Gasteiger partial charge in [-0.3, -0.25) is 0 Å². The molecule has 0 amide bonds. The Bertz CT molecular complexity index is 701. The Morgan fingerprint density at radius 3 is 2.43 bits per heavy atom. The van der Waals surface area contributed by atoms with Crippen LogP contribution in [0.15, 0.2) is 18.2 Å². The average Bonchev–Trinajstić information content (AvgIpc) is 3.13. The van der Waals surface area contributed by atoms with Gasteiger partial charge in [0.15, 0.2) is 0 Å². The van der Waals surface area contributed by atoms with E-state index in [0.717, 1.165) is 24.6 Å². The minimum absolute atomic E-state index is 0.214. The van der Waals surface area contributed by atoms with Crippen molar-refractivity contribution in [3.05, 3.63) is 29.3 Å². The highest BCUT2D eigenvalue weighted by Gasteiger charge is 2.24. The zero-order valence-corrected chi connectivity index (χ0v) is 13.4. The summed E-state index contributed by atoms with van der Waals surface area (Å²) >= 11 is 0. The van der Waals surface area contributed by atoms with Crippen LogP contribution in [0, 0.1) is 0 Å². The summed E-state index contributed by atoms with van der Waals surface area (Å²) in [5.41, 5.74) is 15.4. The first kappa shape index (κ1) is 14.5. The molecule has 0 bridgehead atoms. The Morgan fingerprint density at radius 1 is 1.00 bits per heavy atom. The number of likely N-dealkylation sites (tertiary alicyclic amines) is 1. The van der Waals surface area contributed by atoms with E-state index in [1.807, 2.05) is 0 Å². The Labute approximate surface area is 136 Å². The fourth-order valence-corrected chi connectivity index (χ4v) is 4.01. The topological polar surface area (TPSA) is 86.0 Å². The largest absolute Gasteiger partial charge is 0.368 e. The average molecular weight is 312 g/mol. The van der Waals surface area contributed by atoms with E-state index >= 15 is 0 Å². The zero-order chi connectivity index (χ0) is 15.8. The first-order valence-corrected chi connectivity index (χ1v) is 8.55. The number of hydrogen-bond acceptors (Lipinski definition) is 5. The van der Waals surface area contributed by atoms with E-state index in [2.05, 4.69) is 33.2 Å². The number of nitrogens with two attached hydrogens (primary N) is 2. The third-order valence-corrected chi connectivity index (χ3v) is 5.23. The van der Waals surface area contributed by atoms with Crippen molar-refractivity contribution in [2.45, 2.75) is 44.6 Å². The van der Waals surface area contributed by atoms with Crippen LogP contribution in [-0.2, 0) is 12.8 Å². The normalized spacial score (nSPS) is 22.0. The van der Waals surface area contributed by atoms with E-state index in [0.29, 0.717) is 5.95 Å². The Kier molecular flexibility index (Phi) is 3.69. The molecule has 1 saturated heterocycles. The molecule has 1 aliphatic carbocycles. The van der Waals surface area contributed by atoms with Gasteiger partial charge in [-0.25, -0.2) is 0 Å². The van der Waals surface area contributed by atoms with E-state index < -0.39 is 0 Å². The monoisotopic (exact) mass is 312 g/mol. The smallest absolute Gasteiger partial charge is 0.241 e. The van der Waals surface area contributed by atoms with Crippen molar-refractivity contribution in [3.63, 3.8) is 0 Å². The third kappa shape index (κ3) is 2.79. The van der Waals surface area contributed by atoms with Gasteiger partial charge in [0, 0.05) is 6.04 Å². The van der Waals surface area contributed by atoms with E-state index in [1.165, 1.54) is 49.9 Å². The molecule has 0 radical (unpaired) electrons. The minimum Gasteiger partial charge on any atom is -0.368 e. The van der Waals surface area contributed by atoms with E-state index in [9.17, 15) is 0 Å². The molecule has 6 nitrogen and oxygen atoms in total. The zero-order valence-electron chi connectivity index (χ0n) is 13.4. The van der Waals surface area contributed by atoms with Crippen molar-refractivity contribution < 1.29 is 0 Å². The van der Waals surface area contributed by atoms with Gasteiger partial charge in [-0.1, -0.05) is 6.07 Å². The number of hydrogen-bond donors (Lipinski definition) is 2. The van der Waals surface area contributed by atoms with Crippen LogP contribution >= 0.6 is 0 Å². The Morgan fingerprint density at radius 2 is 1.74 bits per heavy atom. The van der Waals surface area contributed by atoms with Crippen molar-refractivity contribution in [2.24, 2.45) is 0 Å².